The third-order valence-corrected chi connectivity index (χ3v) is 2.17. The summed E-state index contributed by atoms with van der Waals surface area (Å²) < 4.78 is 4.72. The van der Waals surface area contributed by atoms with Crippen LogP contribution in [0.15, 0.2) is 28.8 Å². The lowest BCUT2D eigenvalue weighted by Crippen LogP contribution is -1.98. The lowest BCUT2D eigenvalue weighted by atomic mass is 10.2. The van der Waals surface area contributed by atoms with E-state index in [0.29, 0.717) is 0 Å². The molecule has 8 nitrogen and oxygen atoms in total. The molecule has 0 aliphatic heterocycles. The molecule has 0 unspecified atom stereocenters. The number of nitrogens with zero attached hydrogens (tertiary/aromatic N) is 1. The number of carbonyl (C=O) groups is 2. The number of H-pyrrole nitrogens is 1. The van der Waals surface area contributed by atoms with Crippen molar-refractivity contribution in [1.82, 2.24) is 4.98 Å². The van der Waals surface area contributed by atoms with Crippen molar-refractivity contribution >= 4 is 17.6 Å². The summed E-state index contributed by atoms with van der Waals surface area (Å²) >= 11 is 0. The van der Waals surface area contributed by atoms with Gasteiger partial charge in [-0.1, -0.05) is 0 Å². The van der Waals surface area contributed by atoms with Gasteiger partial charge in [-0.15, -0.1) is 0 Å². The standard InChI is InChI=1S/C10H6N2O6/c13-9(5-3-6(10(14)15)11-4-5)7-1-2-8(18-7)12(16)17/h1-4,11H,(H,14,15). The Morgan fingerprint density at radius 2 is 2.11 bits per heavy atom. The molecule has 0 saturated heterocycles. The number of aromatic nitrogens is 1. The van der Waals surface area contributed by atoms with Gasteiger partial charge in [-0.05, 0) is 12.1 Å². The van der Waals surface area contributed by atoms with Gasteiger partial charge in [0.05, 0.1) is 6.07 Å². The molecule has 2 aromatic heterocycles. The van der Waals surface area contributed by atoms with E-state index >= 15 is 0 Å². The van der Waals surface area contributed by atoms with E-state index in [-0.39, 0.29) is 17.0 Å². The first kappa shape index (κ1) is 11.6. The predicted molar refractivity (Wildman–Crippen MR) is 56.5 cm³/mol. The fourth-order valence-electron chi connectivity index (χ4n) is 1.34. The van der Waals surface area contributed by atoms with Crippen LogP contribution in [0, 0.1) is 10.1 Å². The monoisotopic (exact) mass is 250 g/mol. The number of carboxylic acid groups (broad SMARTS) is 1. The number of nitro groups is 1. The summed E-state index contributed by atoms with van der Waals surface area (Å²) in [6.07, 6.45) is 1.19. The average molecular weight is 250 g/mol. The summed E-state index contributed by atoms with van der Waals surface area (Å²) in [7, 11) is 0. The molecular formula is C10H6N2O6. The second-order valence-electron chi connectivity index (χ2n) is 3.33. The van der Waals surface area contributed by atoms with Crippen LogP contribution in [0.25, 0.3) is 0 Å². The highest BCUT2D eigenvalue weighted by Crippen LogP contribution is 2.19. The van der Waals surface area contributed by atoms with Crippen LogP contribution >= 0.6 is 0 Å². The number of hydrogen-bond donors (Lipinski definition) is 2. The second-order valence-corrected chi connectivity index (χ2v) is 3.33. The van der Waals surface area contributed by atoms with E-state index in [0.717, 1.165) is 18.2 Å². The molecule has 0 aliphatic carbocycles. The molecule has 0 amide bonds. The molecular weight excluding hydrogens is 244 g/mol. The summed E-state index contributed by atoms with van der Waals surface area (Å²) in [6.45, 7) is 0. The Labute approximate surface area is 99.0 Å². The second kappa shape index (κ2) is 4.17. The number of aromatic carboxylic acids is 1. The van der Waals surface area contributed by atoms with Crippen LogP contribution in [0.4, 0.5) is 5.88 Å². The van der Waals surface area contributed by atoms with E-state index in [1.54, 1.807) is 0 Å². The highest BCUT2D eigenvalue weighted by atomic mass is 16.6. The van der Waals surface area contributed by atoms with E-state index < -0.39 is 22.6 Å². The highest BCUT2D eigenvalue weighted by molar-refractivity contribution is 6.08. The lowest BCUT2D eigenvalue weighted by Gasteiger charge is -1.90. The number of carbonyl (C=O) groups excluding carboxylic acids is 1. The van der Waals surface area contributed by atoms with Crippen molar-refractivity contribution in [2.24, 2.45) is 0 Å². The zero-order chi connectivity index (χ0) is 13.3. The van der Waals surface area contributed by atoms with Crippen LogP contribution in [-0.2, 0) is 0 Å². The summed E-state index contributed by atoms with van der Waals surface area (Å²) in [5.41, 5.74) is -0.101. The van der Waals surface area contributed by atoms with Crippen LogP contribution in [0.2, 0.25) is 0 Å². The zero-order valence-electron chi connectivity index (χ0n) is 8.75. The van der Waals surface area contributed by atoms with Gasteiger partial charge in [0.1, 0.15) is 10.6 Å². The number of carboxylic acids is 1. The molecule has 0 aromatic carbocycles. The van der Waals surface area contributed by atoms with Crippen molar-refractivity contribution in [3.63, 3.8) is 0 Å². The summed E-state index contributed by atoms with van der Waals surface area (Å²) in [4.78, 5) is 34.4. The van der Waals surface area contributed by atoms with Gasteiger partial charge in [0, 0.05) is 11.8 Å². The van der Waals surface area contributed by atoms with Crippen molar-refractivity contribution in [1.29, 1.82) is 0 Å². The number of rotatable bonds is 4. The minimum Gasteiger partial charge on any atom is -0.477 e. The van der Waals surface area contributed by atoms with E-state index in [9.17, 15) is 19.7 Å². The lowest BCUT2D eigenvalue weighted by molar-refractivity contribution is -0.402. The van der Waals surface area contributed by atoms with Crippen molar-refractivity contribution in [3.8, 4) is 0 Å². The van der Waals surface area contributed by atoms with Crippen molar-refractivity contribution in [2.75, 3.05) is 0 Å². The van der Waals surface area contributed by atoms with Gasteiger partial charge < -0.3 is 14.5 Å². The summed E-state index contributed by atoms with van der Waals surface area (Å²) in [6, 6.07) is 3.34. The molecule has 2 heterocycles. The molecule has 0 spiro atoms. The summed E-state index contributed by atoms with van der Waals surface area (Å²) in [5.74, 6) is -2.61. The maximum atomic E-state index is 11.8. The average Bonchev–Trinajstić information content (AvgIpc) is 2.97. The molecule has 2 aromatic rings. The third kappa shape index (κ3) is 1.98. The molecule has 92 valence electrons. The molecule has 2 rings (SSSR count). The minimum atomic E-state index is -1.21. The Hall–Kier alpha value is -2.90. The fourth-order valence-corrected chi connectivity index (χ4v) is 1.34. The first-order valence-corrected chi connectivity index (χ1v) is 4.69. The van der Waals surface area contributed by atoms with Crippen LogP contribution in [0.3, 0.4) is 0 Å². The molecule has 0 bridgehead atoms. The Morgan fingerprint density at radius 3 is 2.61 bits per heavy atom. The smallest absolute Gasteiger partial charge is 0.433 e. The Kier molecular flexibility index (Phi) is 2.68. The number of aromatic amines is 1. The maximum absolute atomic E-state index is 11.8. The SMILES string of the molecule is O=C(O)c1cc(C(=O)c2ccc([N+](=O)[O-])o2)c[nH]1. The van der Waals surface area contributed by atoms with E-state index in [1.165, 1.54) is 6.20 Å². The van der Waals surface area contributed by atoms with E-state index in [1.807, 2.05) is 0 Å². The first-order chi connectivity index (χ1) is 8.49. The Morgan fingerprint density at radius 1 is 1.39 bits per heavy atom. The van der Waals surface area contributed by atoms with Gasteiger partial charge in [0.25, 0.3) is 0 Å². The number of ketones is 1. The molecule has 8 heteroatoms. The van der Waals surface area contributed by atoms with Crippen LogP contribution in [0.1, 0.15) is 26.6 Å². The van der Waals surface area contributed by atoms with Gasteiger partial charge >= 0.3 is 11.9 Å². The van der Waals surface area contributed by atoms with E-state index in [4.69, 9.17) is 9.52 Å². The van der Waals surface area contributed by atoms with Crippen molar-refractivity contribution in [3.05, 3.63) is 51.5 Å². The first-order valence-electron chi connectivity index (χ1n) is 4.69. The number of nitrogens with one attached hydrogen (secondary N) is 1. The molecule has 2 N–H and O–H groups in total. The molecule has 18 heavy (non-hydrogen) atoms. The van der Waals surface area contributed by atoms with Gasteiger partial charge in [-0.3, -0.25) is 14.9 Å². The van der Waals surface area contributed by atoms with Gasteiger partial charge in [0.15, 0.2) is 5.76 Å². The quantitative estimate of drug-likeness (QED) is 0.480. The van der Waals surface area contributed by atoms with E-state index in [2.05, 4.69) is 4.98 Å². The molecule has 0 radical (unpaired) electrons. The largest absolute Gasteiger partial charge is 0.477 e. The third-order valence-electron chi connectivity index (χ3n) is 2.17. The molecule has 0 saturated carbocycles. The Bertz CT molecular complexity index is 584. The van der Waals surface area contributed by atoms with Gasteiger partial charge in [-0.25, -0.2) is 4.79 Å². The number of furan rings is 1. The Balaban J connectivity index is 2.29. The normalized spacial score (nSPS) is 10.2. The highest BCUT2D eigenvalue weighted by Gasteiger charge is 2.20. The van der Waals surface area contributed by atoms with Crippen molar-refractivity contribution < 1.29 is 24.0 Å². The van der Waals surface area contributed by atoms with Crippen LogP contribution < -0.4 is 0 Å². The molecule has 0 atom stereocenters. The van der Waals surface area contributed by atoms with Crippen LogP contribution in [-0.4, -0.2) is 26.8 Å². The maximum Gasteiger partial charge on any atom is 0.433 e. The molecule has 0 aliphatic rings. The van der Waals surface area contributed by atoms with Crippen molar-refractivity contribution in [2.45, 2.75) is 0 Å². The summed E-state index contributed by atoms with van der Waals surface area (Å²) in [5, 5.41) is 19.1. The minimum absolute atomic E-state index is 0.0525. The molecule has 0 fully saturated rings. The van der Waals surface area contributed by atoms with Gasteiger partial charge in [0.2, 0.25) is 5.78 Å². The topological polar surface area (TPSA) is 126 Å². The fraction of sp³-hybridized carbons (Fsp3) is 0. The van der Waals surface area contributed by atoms with Gasteiger partial charge in [-0.2, -0.15) is 0 Å². The number of hydrogen-bond acceptors (Lipinski definition) is 5. The predicted octanol–water partition coefficient (Wildman–Crippen LogP) is 1.45. The van der Waals surface area contributed by atoms with Crippen LogP contribution in [0.5, 0.6) is 0 Å². The zero-order valence-corrected chi connectivity index (χ0v) is 8.75.